The van der Waals surface area contributed by atoms with Crippen molar-refractivity contribution in [2.75, 3.05) is 0 Å². The maximum atomic E-state index is 12.9. The van der Waals surface area contributed by atoms with E-state index in [2.05, 4.69) is 0 Å². The number of hydrogen-bond acceptors (Lipinski definition) is 2. The van der Waals surface area contributed by atoms with Gasteiger partial charge in [-0.1, -0.05) is 17.7 Å². The zero-order chi connectivity index (χ0) is 11.6. The molecule has 1 aromatic carbocycles. The molecule has 0 heterocycles. The molecule has 1 rings (SSSR count). The molecule has 1 N–H and O–H groups in total. The van der Waals surface area contributed by atoms with Gasteiger partial charge >= 0.3 is 0 Å². The first-order valence-corrected chi connectivity index (χ1v) is 4.80. The van der Waals surface area contributed by atoms with E-state index in [1.54, 1.807) is 13.8 Å². The Labute approximate surface area is 92.9 Å². The maximum Gasteiger partial charge on any atom is 0.141 e. The number of nitrogens with zero attached hydrogens (tertiary/aromatic N) is 1. The minimum absolute atomic E-state index is 0.0553. The van der Waals surface area contributed by atoms with E-state index in [0.717, 1.165) is 0 Å². The molecule has 0 aliphatic rings. The van der Waals surface area contributed by atoms with E-state index in [0.29, 0.717) is 5.56 Å². The van der Waals surface area contributed by atoms with Gasteiger partial charge in [0.1, 0.15) is 5.82 Å². The number of rotatable bonds is 2. The summed E-state index contributed by atoms with van der Waals surface area (Å²) in [6, 6.07) is 5.92. The van der Waals surface area contributed by atoms with Gasteiger partial charge in [0.15, 0.2) is 0 Å². The van der Waals surface area contributed by atoms with Crippen LogP contribution in [0.3, 0.4) is 0 Å². The van der Waals surface area contributed by atoms with Crippen LogP contribution < -0.4 is 0 Å². The Balaban J connectivity index is 3.08. The average Bonchev–Trinajstić information content (AvgIpc) is 2.21. The van der Waals surface area contributed by atoms with Crippen LogP contribution in [0.15, 0.2) is 18.2 Å². The van der Waals surface area contributed by atoms with Crippen molar-refractivity contribution in [2.45, 2.75) is 20.0 Å². The Morgan fingerprint density at radius 3 is 2.60 bits per heavy atom. The summed E-state index contributed by atoms with van der Waals surface area (Å²) >= 11 is 5.58. The summed E-state index contributed by atoms with van der Waals surface area (Å²) in [4.78, 5) is 0. The second-order valence-electron chi connectivity index (χ2n) is 3.91. The lowest BCUT2D eigenvalue weighted by Crippen LogP contribution is -2.19. The van der Waals surface area contributed by atoms with Crippen molar-refractivity contribution in [2.24, 2.45) is 5.41 Å². The van der Waals surface area contributed by atoms with Gasteiger partial charge in [0, 0.05) is 0 Å². The lowest BCUT2D eigenvalue weighted by molar-refractivity contribution is 0.0867. The number of aliphatic hydroxyl groups is 1. The Kier molecular flexibility index (Phi) is 3.33. The molecule has 1 unspecified atom stereocenters. The molecule has 1 aromatic rings. The second-order valence-corrected chi connectivity index (χ2v) is 4.32. The number of aliphatic hydroxyl groups excluding tert-OH is 1. The first-order valence-electron chi connectivity index (χ1n) is 4.43. The van der Waals surface area contributed by atoms with Crippen LogP contribution in [0, 0.1) is 22.6 Å². The summed E-state index contributed by atoms with van der Waals surface area (Å²) < 4.78 is 12.9. The second kappa shape index (κ2) is 4.18. The zero-order valence-electron chi connectivity index (χ0n) is 8.46. The van der Waals surface area contributed by atoms with Crippen molar-refractivity contribution in [3.63, 3.8) is 0 Å². The summed E-state index contributed by atoms with van der Waals surface area (Å²) in [6.07, 6.45) is -0.986. The van der Waals surface area contributed by atoms with Gasteiger partial charge in [-0.25, -0.2) is 4.39 Å². The largest absolute Gasteiger partial charge is 0.387 e. The van der Waals surface area contributed by atoms with Crippen LogP contribution in [0.4, 0.5) is 4.39 Å². The lowest BCUT2D eigenvalue weighted by Gasteiger charge is -2.23. The molecular formula is C11H11ClFNO. The van der Waals surface area contributed by atoms with E-state index in [1.165, 1.54) is 18.2 Å². The van der Waals surface area contributed by atoms with Crippen molar-refractivity contribution >= 4 is 11.6 Å². The fourth-order valence-electron chi connectivity index (χ4n) is 1.16. The monoisotopic (exact) mass is 227 g/mol. The van der Waals surface area contributed by atoms with Crippen LogP contribution in [0.2, 0.25) is 5.02 Å². The molecule has 0 aliphatic carbocycles. The van der Waals surface area contributed by atoms with Gasteiger partial charge in [-0.15, -0.1) is 0 Å². The van der Waals surface area contributed by atoms with Crippen molar-refractivity contribution < 1.29 is 9.50 Å². The number of benzene rings is 1. The third kappa shape index (κ3) is 2.47. The van der Waals surface area contributed by atoms with Crippen molar-refractivity contribution in [1.29, 1.82) is 5.26 Å². The van der Waals surface area contributed by atoms with E-state index in [4.69, 9.17) is 16.9 Å². The van der Waals surface area contributed by atoms with Crippen LogP contribution in [0.1, 0.15) is 25.5 Å². The summed E-state index contributed by atoms with van der Waals surface area (Å²) in [5, 5.41) is 18.6. The van der Waals surface area contributed by atoms with Gasteiger partial charge in [0.25, 0.3) is 0 Å². The van der Waals surface area contributed by atoms with Crippen molar-refractivity contribution in [3.05, 3.63) is 34.6 Å². The molecule has 0 aliphatic heterocycles. The molecule has 4 heteroatoms. The van der Waals surface area contributed by atoms with Gasteiger partial charge in [-0.3, -0.25) is 0 Å². The molecule has 0 radical (unpaired) electrons. The Hall–Kier alpha value is -1.11. The fourth-order valence-corrected chi connectivity index (χ4v) is 1.35. The predicted octanol–water partition coefficient (Wildman–Crippen LogP) is 3.06. The molecule has 0 spiro atoms. The topological polar surface area (TPSA) is 44.0 Å². The quantitative estimate of drug-likeness (QED) is 0.844. The number of hydrogen-bond donors (Lipinski definition) is 1. The molecule has 1 atom stereocenters. The molecule has 0 amide bonds. The lowest BCUT2D eigenvalue weighted by atomic mass is 9.84. The standard InChI is InChI=1S/C11H11ClFNO/c1-11(2,6-14)10(15)7-3-4-9(13)8(12)5-7/h3-5,10,15H,1-2H3. The van der Waals surface area contributed by atoms with E-state index < -0.39 is 17.3 Å². The highest BCUT2D eigenvalue weighted by molar-refractivity contribution is 6.30. The van der Waals surface area contributed by atoms with E-state index >= 15 is 0 Å². The molecule has 15 heavy (non-hydrogen) atoms. The highest BCUT2D eigenvalue weighted by Gasteiger charge is 2.29. The smallest absolute Gasteiger partial charge is 0.141 e. The molecule has 80 valence electrons. The maximum absolute atomic E-state index is 12.9. The summed E-state index contributed by atoms with van der Waals surface area (Å²) in [5.41, 5.74) is -0.491. The Morgan fingerprint density at radius 1 is 1.53 bits per heavy atom. The van der Waals surface area contributed by atoms with Gasteiger partial charge in [-0.2, -0.15) is 5.26 Å². The molecular weight excluding hydrogens is 217 g/mol. The minimum atomic E-state index is -0.986. The number of nitriles is 1. The highest BCUT2D eigenvalue weighted by atomic mass is 35.5. The number of halogens is 2. The molecule has 0 saturated carbocycles. The Bertz CT molecular complexity index is 412. The molecule has 0 aromatic heterocycles. The van der Waals surface area contributed by atoms with Crippen molar-refractivity contribution in [1.82, 2.24) is 0 Å². The van der Waals surface area contributed by atoms with Gasteiger partial charge in [0.05, 0.1) is 22.6 Å². The average molecular weight is 228 g/mol. The SMILES string of the molecule is CC(C)(C#N)C(O)c1ccc(F)c(Cl)c1. The minimum Gasteiger partial charge on any atom is -0.387 e. The van der Waals surface area contributed by atoms with Crippen LogP contribution in [0.25, 0.3) is 0 Å². The normalized spacial score (nSPS) is 13.3. The predicted molar refractivity (Wildman–Crippen MR) is 55.8 cm³/mol. The van der Waals surface area contributed by atoms with Crippen LogP contribution in [-0.4, -0.2) is 5.11 Å². The van der Waals surface area contributed by atoms with E-state index in [-0.39, 0.29) is 5.02 Å². The molecule has 2 nitrogen and oxygen atoms in total. The van der Waals surface area contributed by atoms with Gasteiger partial charge in [0.2, 0.25) is 0 Å². The van der Waals surface area contributed by atoms with E-state index in [1.807, 2.05) is 6.07 Å². The van der Waals surface area contributed by atoms with E-state index in [9.17, 15) is 9.50 Å². The van der Waals surface area contributed by atoms with Crippen molar-refractivity contribution in [3.8, 4) is 6.07 Å². The van der Waals surface area contributed by atoms with Crippen LogP contribution in [0.5, 0.6) is 0 Å². The summed E-state index contributed by atoms with van der Waals surface area (Å²) in [7, 11) is 0. The van der Waals surface area contributed by atoms with Gasteiger partial charge in [-0.05, 0) is 31.5 Å². The highest BCUT2D eigenvalue weighted by Crippen LogP contribution is 2.33. The fraction of sp³-hybridized carbons (Fsp3) is 0.364. The molecule has 0 saturated heterocycles. The van der Waals surface area contributed by atoms with Gasteiger partial charge < -0.3 is 5.11 Å². The molecule has 0 bridgehead atoms. The van der Waals surface area contributed by atoms with Crippen LogP contribution in [-0.2, 0) is 0 Å². The summed E-state index contributed by atoms with van der Waals surface area (Å²) in [5.74, 6) is -0.539. The molecule has 0 fully saturated rings. The summed E-state index contributed by atoms with van der Waals surface area (Å²) in [6.45, 7) is 3.21. The third-order valence-electron chi connectivity index (χ3n) is 2.23. The Morgan fingerprint density at radius 2 is 2.13 bits per heavy atom. The first-order chi connectivity index (χ1) is 6.88. The first kappa shape index (κ1) is 12.0. The van der Waals surface area contributed by atoms with Crippen LogP contribution >= 0.6 is 11.6 Å². The third-order valence-corrected chi connectivity index (χ3v) is 2.52. The zero-order valence-corrected chi connectivity index (χ0v) is 9.22.